The Bertz CT molecular complexity index is 930. The number of aromatic amines is 1. The Balaban J connectivity index is 1.70. The number of amides is 1. The fraction of sp³-hybridized carbons (Fsp3) is 0.294. The summed E-state index contributed by atoms with van der Waals surface area (Å²) in [5.74, 6) is -0.850. The highest BCUT2D eigenvalue weighted by Gasteiger charge is 2.39. The monoisotopic (exact) mass is 341 g/mol. The van der Waals surface area contributed by atoms with Gasteiger partial charge in [0.05, 0.1) is 23.8 Å². The predicted octanol–water partition coefficient (Wildman–Crippen LogP) is 1.62. The van der Waals surface area contributed by atoms with Crippen molar-refractivity contribution in [1.29, 1.82) is 0 Å². The van der Waals surface area contributed by atoms with E-state index in [-0.39, 0.29) is 18.0 Å². The lowest BCUT2D eigenvalue weighted by molar-refractivity contribution is -0.0320. The summed E-state index contributed by atoms with van der Waals surface area (Å²) >= 11 is 0. The van der Waals surface area contributed by atoms with Gasteiger partial charge in [-0.2, -0.15) is 15.4 Å². The maximum atomic E-state index is 13.9. The van der Waals surface area contributed by atoms with E-state index >= 15 is 0 Å². The minimum absolute atomic E-state index is 0.0726. The predicted molar refractivity (Wildman–Crippen MR) is 87.1 cm³/mol. The highest BCUT2D eigenvalue weighted by atomic mass is 19.1. The molecule has 1 saturated heterocycles. The van der Waals surface area contributed by atoms with Gasteiger partial charge in [-0.05, 0) is 31.0 Å². The zero-order chi connectivity index (χ0) is 17.4. The van der Waals surface area contributed by atoms with Gasteiger partial charge in [-0.3, -0.25) is 9.78 Å². The van der Waals surface area contributed by atoms with E-state index in [4.69, 9.17) is 0 Å². The van der Waals surface area contributed by atoms with Crippen LogP contribution in [0.2, 0.25) is 0 Å². The Kier molecular flexibility index (Phi) is 3.69. The van der Waals surface area contributed by atoms with Crippen LogP contribution in [0.1, 0.15) is 28.9 Å². The molecule has 8 heteroatoms. The summed E-state index contributed by atoms with van der Waals surface area (Å²) in [4.78, 5) is 18.7. The number of likely N-dealkylation sites (tertiary alicyclic amines) is 1. The maximum Gasteiger partial charge on any atom is 0.256 e. The zero-order valence-electron chi connectivity index (χ0n) is 13.3. The van der Waals surface area contributed by atoms with Crippen LogP contribution in [0.4, 0.5) is 4.39 Å². The van der Waals surface area contributed by atoms with Gasteiger partial charge in [0.25, 0.3) is 5.91 Å². The molecule has 1 fully saturated rings. The third-order valence-electron chi connectivity index (χ3n) is 4.55. The van der Waals surface area contributed by atoms with Crippen molar-refractivity contribution >= 4 is 16.8 Å². The van der Waals surface area contributed by atoms with Crippen molar-refractivity contribution in [2.45, 2.75) is 18.4 Å². The summed E-state index contributed by atoms with van der Waals surface area (Å²) < 4.78 is 13.9. The molecule has 7 nitrogen and oxygen atoms in total. The molecule has 0 bridgehead atoms. The van der Waals surface area contributed by atoms with Crippen molar-refractivity contribution in [3.05, 3.63) is 53.7 Å². The highest BCUT2D eigenvalue weighted by Crippen LogP contribution is 2.31. The van der Waals surface area contributed by atoms with Gasteiger partial charge in [0.2, 0.25) is 0 Å². The molecule has 3 heterocycles. The summed E-state index contributed by atoms with van der Waals surface area (Å²) in [6.07, 6.45) is 4.10. The minimum atomic E-state index is -1.27. The molecule has 0 spiro atoms. The van der Waals surface area contributed by atoms with Crippen LogP contribution in [0.15, 0.2) is 36.7 Å². The van der Waals surface area contributed by atoms with Gasteiger partial charge in [-0.15, -0.1) is 0 Å². The molecule has 2 N–H and O–H groups in total. The van der Waals surface area contributed by atoms with Crippen molar-refractivity contribution in [2.75, 3.05) is 13.1 Å². The van der Waals surface area contributed by atoms with Crippen molar-refractivity contribution in [2.24, 2.45) is 0 Å². The molecule has 128 valence electrons. The van der Waals surface area contributed by atoms with Crippen LogP contribution in [0.25, 0.3) is 10.9 Å². The van der Waals surface area contributed by atoms with E-state index in [1.807, 2.05) is 0 Å². The number of piperidine rings is 1. The lowest BCUT2D eigenvalue weighted by atomic mass is 9.89. The van der Waals surface area contributed by atoms with Gasteiger partial charge >= 0.3 is 0 Å². The normalized spacial score (nSPS) is 20.8. The Hall–Kier alpha value is -2.87. The summed E-state index contributed by atoms with van der Waals surface area (Å²) in [6, 6.07) is 5.95. The number of hydrogen-bond donors (Lipinski definition) is 2. The Morgan fingerprint density at radius 1 is 1.40 bits per heavy atom. The number of hydrogen-bond acceptors (Lipinski definition) is 5. The van der Waals surface area contributed by atoms with Crippen LogP contribution in [0, 0.1) is 5.82 Å². The number of benzene rings is 1. The fourth-order valence-electron chi connectivity index (χ4n) is 3.33. The molecule has 0 radical (unpaired) electrons. The van der Waals surface area contributed by atoms with Crippen LogP contribution >= 0.6 is 0 Å². The number of aliphatic hydroxyl groups is 1. The number of carbonyl (C=O) groups is 1. The molecule has 1 unspecified atom stereocenters. The smallest absolute Gasteiger partial charge is 0.256 e. The molecule has 1 aliphatic rings. The van der Waals surface area contributed by atoms with E-state index in [1.54, 1.807) is 18.3 Å². The van der Waals surface area contributed by atoms with E-state index in [1.165, 1.54) is 23.2 Å². The lowest BCUT2D eigenvalue weighted by Gasteiger charge is -2.38. The first kappa shape index (κ1) is 15.6. The first-order valence-corrected chi connectivity index (χ1v) is 7.99. The van der Waals surface area contributed by atoms with Crippen LogP contribution in [0.5, 0.6) is 0 Å². The van der Waals surface area contributed by atoms with Gasteiger partial charge in [-0.25, -0.2) is 4.39 Å². The third kappa shape index (κ3) is 2.74. The Morgan fingerprint density at radius 3 is 3.08 bits per heavy atom. The van der Waals surface area contributed by atoms with Crippen LogP contribution in [-0.4, -0.2) is 49.4 Å². The summed E-state index contributed by atoms with van der Waals surface area (Å²) in [6.45, 7) is 0.549. The van der Waals surface area contributed by atoms with Crippen LogP contribution in [0.3, 0.4) is 0 Å². The quantitative estimate of drug-likeness (QED) is 0.738. The van der Waals surface area contributed by atoms with E-state index in [2.05, 4.69) is 20.4 Å². The van der Waals surface area contributed by atoms with E-state index < -0.39 is 11.4 Å². The number of halogens is 1. The molecule has 4 rings (SSSR count). The van der Waals surface area contributed by atoms with Gasteiger partial charge in [0, 0.05) is 18.1 Å². The van der Waals surface area contributed by atoms with Crippen molar-refractivity contribution < 1.29 is 14.3 Å². The van der Waals surface area contributed by atoms with Crippen LogP contribution in [-0.2, 0) is 5.60 Å². The molecule has 1 atom stereocenters. The number of nitrogens with one attached hydrogen (secondary N) is 1. The molecule has 2 aromatic heterocycles. The highest BCUT2D eigenvalue weighted by molar-refractivity contribution is 6.05. The number of carbonyl (C=O) groups excluding carboxylic acids is 1. The largest absolute Gasteiger partial charge is 0.382 e. The molecule has 1 aliphatic heterocycles. The molecule has 0 saturated carbocycles. The molecule has 0 aliphatic carbocycles. The number of β-amino-alcohol motifs (C(OH)–C–C–N with tert-alkyl or cyclic N) is 1. The zero-order valence-corrected chi connectivity index (χ0v) is 13.3. The van der Waals surface area contributed by atoms with Gasteiger partial charge < -0.3 is 10.0 Å². The fourth-order valence-corrected chi connectivity index (χ4v) is 3.33. The SMILES string of the molecule is O=C(c1cc(F)cc2cccnc12)N1CCCC(O)(c2cn[nH]n2)C1. The summed E-state index contributed by atoms with van der Waals surface area (Å²) in [5, 5.41) is 21.6. The van der Waals surface area contributed by atoms with E-state index in [0.29, 0.717) is 36.0 Å². The summed E-state index contributed by atoms with van der Waals surface area (Å²) in [5.41, 5.74) is -0.228. The van der Waals surface area contributed by atoms with Crippen molar-refractivity contribution in [1.82, 2.24) is 25.3 Å². The second-order valence-corrected chi connectivity index (χ2v) is 6.25. The van der Waals surface area contributed by atoms with Gasteiger partial charge in [-0.1, -0.05) is 6.07 Å². The maximum absolute atomic E-state index is 13.9. The average Bonchev–Trinajstić information content (AvgIpc) is 3.16. The second-order valence-electron chi connectivity index (χ2n) is 6.25. The number of rotatable bonds is 2. The molecular formula is C17H16FN5O2. The number of fused-ring (bicyclic) bond motifs is 1. The van der Waals surface area contributed by atoms with Crippen LogP contribution < -0.4 is 0 Å². The summed E-state index contributed by atoms with van der Waals surface area (Å²) in [7, 11) is 0. The standard InChI is InChI=1S/C17H16FN5O2/c18-12-7-11-3-1-5-19-15(11)13(8-12)16(24)23-6-2-4-17(25,10-23)14-9-20-22-21-14/h1,3,5,7-9,25H,2,4,6,10H2,(H,20,21,22). The van der Waals surface area contributed by atoms with E-state index in [0.717, 1.165) is 0 Å². The number of nitrogens with zero attached hydrogens (tertiary/aromatic N) is 4. The first-order chi connectivity index (χ1) is 12.1. The number of aromatic nitrogens is 4. The molecular weight excluding hydrogens is 325 g/mol. The minimum Gasteiger partial charge on any atom is -0.382 e. The number of pyridine rings is 1. The molecule has 1 aromatic carbocycles. The molecule has 3 aromatic rings. The molecule has 25 heavy (non-hydrogen) atoms. The third-order valence-corrected chi connectivity index (χ3v) is 4.55. The second kappa shape index (κ2) is 5.89. The molecule has 1 amide bonds. The first-order valence-electron chi connectivity index (χ1n) is 7.99. The average molecular weight is 341 g/mol. The Labute approximate surface area is 142 Å². The number of H-pyrrole nitrogens is 1. The van der Waals surface area contributed by atoms with Gasteiger partial charge in [0.1, 0.15) is 17.1 Å². The lowest BCUT2D eigenvalue weighted by Crippen LogP contribution is -2.48. The Morgan fingerprint density at radius 2 is 2.28 bits per heavy atom. The van der Waals surface area contributed by atoms with Crippen molar-refractivity contribution in [3.8, 4) is 0 Å². The van der Waals surface area contributed by atoms with Gasteiger partial charge in [0.15, 0.2) is 0 Å². The topological polar surface area (TPSA) is 95.0 Å². The van der Waals surface area contributed by atoms with E-state index in [9.17, 15) is 14.3 Å². The van der Waals surface area contributed by atoms with Crippen molar-refractivity contribution in [3.63, 3.8) is 0 Å².